The van der Waals surface area contributed by atoms with Gasteiger partial charge in [-0.05, 0) is 19.8 Å². The van der Waals surface area contributed by atoms with Crippen LogP contribution in [0.5, 0.6) is 0 Å². The van der Waals surface area contributed by atoms with Crippen molar-refractivity contribution in [3.63, 3.8) is 0 Å². The Hall–Kier alpha value is -1.54. The van der Waals surface area contributed by atoms with Gasteiger partial charge in [-0.25, -0.2) is 13.6 Å². The number of H-pyrrole nitrogens is 1. The minimum atomic E-state index is -3.08. The number of halogens is 2. The van der Waals surface area contributed by atoms with Gasteiger partial charge in [-0.15, -0.1) is 0 Å². The maximum Gasteiger partial charge on any atom is 0.328 e. The van der Waals surface area contributed by atoms with Crippen LogP contribution in [0.3, 0.4) is 0 Å². The summed E-state index contributed by atoms with van der Waals surface area (Å²) in [6.45, 7) is 0.208. The average Bonchev–Trinajstić information content (AvgIpc) is 2.91. The molecule has 0 bridgehead atoms. The fourth-order valence-corrected chi connectivity index (χ4v) is 2.78. The van der Waals surface area contributed by atoms with Gasteiger partial charge in [0.1, 0.15) is 0 Å². The zero-order chi connectivity index (χ0) is 15.8. The molecule has 0 radical (unpaired) electrons. The Labute approximate surface area is 119 Å². The molecule has 1 heterocycles. The van der Waals surface area contributed by atoms with E-state index in [2.05, 4.69) is 4.98 Å². The fraction of sp³-hybridized carbons (Fsp3) is 0.692. The first-order chi connectivity index (χ1) is 9.80. The molecule has 2 rings (SSSR count). The van der Waals surface area contributed by atoms with E-state index in [1.807, 2.05) is 0 Å². The van der Waals surface area contributed by atoms with Gasteiger partial charge in [-0.1, -0.05) is 0 Å². The molecular weight excluding hydrogens is 286 g/mol. The lowest BCUT2D eigenvalue weighted by Gasteiger charge is -2.09. The molecule has 1 aliphatic rings. The molecule has 1 aromatic rings. The Bertz CT molecular complexity index is 634. The topological polar surface area (TPSA) is 95.3 Å². The van der Waals surface area contributed by atoms with Crippen LogP contribution in [0.2, 0.25) is 0 Å². The van der Waals surface area contributed by atoms with Gasteiger partial charge in [0.25, 0.3) is 11.5 Å². The van der Waals surface area contributed by atoms with Crippen molar-refractivity contribution in [2.45, 2.75) is 32.2 Å². The van der Waals surface area contributed by atoms with E-state index in [0.29, 0.717) is 5.56 Å². The zero-order valence-electron chi connectivity index (χ0n) is 11.6. The highest BCUT2D eigenvalue weighted by molar-refractivity contribution is 5.17. The minimum Gasteiger partial charge on any atom is -0.395 e. The highest BCUT2D eigenvalue weighted by Crippen LogP contribution is 2.67. The molecule has 0 amide bonds. The molecule has 0 saturated heterocycles. The van der Waals surface area contributed by atoms with Crippen molar-refractivity contribution in [2.24, 2.45) is 11.3 Å². The monoisotopic (exact) mass is 304 g/mol. The summed E-state index contributed by atoms with van der Waals surface area (Å²) in [6.07, 6.45) is 1.75. The third-order valence-corrected chi connectivity index (χ3v) is 4.33. The summed E-state index contributed by atoms with van der Waals surface area (Å²) < 4.78 is 28.5. The zero-order valence-corrected chi connectivity index (χ0v) is 11.6. The maximum atomic E-state index is 13.6. The van der Waals surface area contributed by atoms with E-state index >= 15 is 0 Å². The number of alkyl halides is 2. The number of rotatable bonds is 6. The molecule has 1 unspecified atom stereocenters. The number of nitrogens with zero attached hydrogens (tertiary/aromatic N) is 1. The van der Waals surface area contributed by atoms with E-state index in [1.165, 1.54) is 10.8 Å². The summed E-state index contributed by atoms with van der Waals surface area (Å²) >= 11 is 0. The van der Waals surface area contributed by atoms with Crippen LogP contribution in [-0.2, 0) is 6.54 Å². The van der Waals surface area contributed by atoms with Gasteiger partial charge in [0, 0.05) is 24.2 Å². The second-order valence-corrected chi connectivity index (χ2v) is 5.55. The lowest BCUT2D eigenvalue weighted by Crippen LogP contribution is -2.30. The van der Waals surface area contributed by atoms with Crippen molar-refractivity contribution >= 4 is 0 Å². The molecule has 1 aliphatic carbocycles. The van der Waals surface area contributed by atoms with Crippen molar-refractivity contribution in [1.82, 2.24) is 9.55 Å². The Morgan fingerprint density at radius 1 is 1.33 bits per heavy atom. The van der Waals surface area contributed by atoms with Crippen LogP contribution in [0.25, 0.3) is 0 Å². The van der Waals surface area contributed by atoms with Gasteiger partial charge >= 0.3 is 5.69 Å². The van der Waals surface area contributed by atoms with Gasteiger partial charge in [0.2, 0.25) is 0 Å². The molecule has 0 spiro atoms. The van der Waals surface area contributed by atoms with Crippen LogP contribution >= 0.6 is 0 Å². The summed E-state index contributed by atoms with van der Waals surface area (Å²) in [6, 6.07) is 0. The lowest BCUT2D eigenvalue weighted by atomic mass is 10.0. The van der Waals surface area contributed by atoms with Crippen LogP contribution in [0.4, 0.5) is 8.78 Å². The quantitative estimate of drug-likeness (QED) is 0.682. The third kappa shape index (κ3) is 2.42. The molecular formula is C13H18F2N2O4. The van der Waals surface area contributed by atoms with E-state index < -0.39 is 41.7 Å². The summed E-state index contributed by atoms with van der Waals surface area (Å²) in [5.74, 6) is -4.16. The van der Waals surface area contributed by atoms with Gasteiger partial charge in [-0.3, -0.25) is 9.78 Å². The van der Waals surface area contributed by atoms with Gasteiger partial charge in [0.15, 0.2) is 0 Å². The number of aromatic amines is 1. The number of aliphatic hydroxyl groups excluding tert-OH is 2. The molecule has 8 heteroatoms. The smallest absolute Gasteiger partial charge is 0.328 e. The number of nitrogens with one attached hydrogen (secondary N) is 1. The predicted octanol–water partition coefficient (Wildman–Crippen LogP) is -0.139. The van der Waals surface area contributed by atoms with E-state index in [1.54, 1.807) is 6.92 Å². The van der Waals surface area contributed by atoms with Gasteiger partial charge in [0.05, 0.1) is 18.6 Å². The molecule has 1 fully saturated rings. The first kappa shape index (κ1) is 15.8. The molecule has 3 N–H and O–H groups in total. The first-order valence-corrected chi connectivity index (χ1v) is 6.70. The number of hydrogen-bond donors (Lipinski definition) is 3. The van der Waals surface area contributed by atoms with Crippen LogP contribution < -0.4 is 11.2 Å². The van der Waals surface area contributed by atoms with Gasteiger partial charge in [-0.2, -0.15) is 0 Å². The van der Waals surface area contributed by atoms with Crippen molar-refractivity contribution in [3.8, 4) is 0 Å². The summed E-state index contributed by atoms with van der Waals surface area (Å²) in [5.41, 5.74) is -2.42. The van der Waals surface area contributed by atoms with Crippen LogP contribution in [0.1, 0.15) is 18.4 Å². The maximum absolute atomic E-state index is 13.6. The standard InChI is InChI=1S/C13H18F2N2O4/c1-8-5-17(11(21)16-10(8)20)4-2-3-9-12(6-18,7-19)13(9,14)15/h5,9,18-19H,2-4,6-7H2,1H3,(H,16,20,21). The van der Waals surface area contributed by atoms with Gasteiger partial charge < -0.3 is 14.8 Å². The second-order valence-electron chi connectivity index (χ2n) is 5.55. The SMILES string of the molecule is Cc1cn(CCCC2C(F)(F)C2(CO)CO)c(=O)[nH]c1=O. The Kier molecular flexibility index (Phi) is 4.03. The first-order valence-electron chi connectivity index (χ1n) is 6.70. The molecule has 0 aliphatic heterocycles. The largest absolute Gasteiger partial charge is 0.395 e. The molecule has 6 nitrogen and oxygen atoms in total. The average molecular weight is 304 g/mol. The molecule has 0 aromatic carbocycles. The number of aryl methyl sites for hydroxylation is 2. The third-order valence-electron chi connectivity index (χ3n) is 4.33. The molecule has 1 saturated carbocycles. The number of hydrogen-bond acceptors (Lipinski definition) is 4. The summed E-state index contributed by atoms with van der Waals surface area (Å²) in [4.78, 5) is 24.9. The van der Waals surface area contributed by atoms with E-state index in [-0.39, 0.29) is 19.4 Å². The Balaban J connectivity index is 1.99. The summed E-state index contributed by atoms with van der Waals surface area (Å²) in [7, 11) is 0. The number of aromatic nitrogens is 2. The van der Waals surface area contributed by atoms with E-state index in [4.69, 9.17) is 10.2 Å². The van der Waals surface area contributed by atoms with Crippen LogP contribution in [-0.4, -0.2) is 38.9 Å². The predicted molar refractivity (Wildman–Crippen MR) is 70.3 cm³/mol. The highest BCUT2D eigenvalue weighted by Gasteiger charge is 2.79. The fourth-order valence-electron chi connectivity index (χ4n) is 2.78. The molecule has 118 valence electrons. The Morgan fingerprint density at radius 2 is 1.95 bits per heavy atom. The van der Waals surface area contributed by atoms with Crippen molar-refractivity contribution < 1.29 is 19.0 Å². The van der Waals surface area contributed by atoms with Crippen molar-refractivity contribution in [3.05, 3.63) is 32.6 Å². The molecule has 1 aromatic heterocycles. The highest BCUT2D eigenvalue weighted by atomic mass is 19.3. The van der Waals surface area contributed by atoms with E-state index in [9.17, 15) is 18.4 Å². The second kappa shape index (κ2) is 5.34. The normalized spacial score (nSPS) is 22.2. The number of aliphatic hydroxyl groups is 2. The van der Waals surface area contributed by atoms with Crippen LogP contribution in [0, 0.1) is 18.3 Å². The summed E-state index contributed by atoms with van der Waals surface area (Å²) in [5, 5.41) is 18.1. The van der Waals surface area contributed by atoms with E-state index in [0.717, 1.165) is 0 Å². The van der Waals surface area contributed by atoms with Crippen molar-refractivity contribution in [1.29, 1.82) is 0 Å². The molecule has 1 atom stereocenters. The molecule has 21 heavy (non-hydrogen) atoms. The lowest BCUT2D eigenvalue weighted by molar-refractivity contribution is 0.00816. The van der Waals surface area contributed by atoms with Crippen molar-refractivity contribution in [2.75, 3.05) is 13.2 Å². The minimum absolute atomic E-state index is 0.0821. The van der Waals surface area contributed by atoms with Crippen LogP contribution in [0.15, 0.2) is 15.8 Å². The Morgan fingerprint density at radius 3 is 2.48 bits per heavy atom.